The van der Waals surface area contributed by atoms with Crippen LogP contribution in [-0.4, -0.2) is 5.51 Å². The van der Waals surface area contributed by atoms with Gasteiger partial charge in [-0.1, -0.05) is 0 Å². The van der Waals surface area contributed by atoms with Crippen LogP contribution in [0.4, 0.5) is 13.2 Å². The molecule has 0 amide bonds. The van der Waals surface area contributed by atoms with Crippen molar-refractivity contribution < 1.29 is 13.2 Å². The summed E-state index contributed by atoms with van der Waals surface area (Å²) in [5.74, 6) is 0. The van der Waals surface area contributed by atoms with Gasteiger partial charge in [0, 0.05) is 5.38 Å². The molecule has 0 atom stereocenters. The summed E-state index contributed by atoms with van der Waals surface area (Å²) < 4.78 is 35.0. The zero-order valence-corrected chi connectivity index (χ0v) is 6.24. The fourth-order valence-corrected chi connectivity index (χ4v) is 1.74. The highest BCUT2D eigenvalue weighted by Crippen LogP contribution is 2.38. The van der Waals surface area contributed by atoms with Crippen molar-refractivity contribution in [1.29, 1.82) is 0 Å². The van der Waals surface area contributed by atoms with E-state index in [4.69, 9.17) is 0 Å². The van der Waals surface area contributed by atoms with E-state index in [0.717, 1.165) is 11.3 Å². The second kappa shape index (κ2) is 2.84. The van der Waals surface area contributed by atoms with Gasteiger partial charge in [0.05, 0.1) is 4.21 Å². The van der Waals surface area contributed by atoms with Gasteiger partial charge >= 0.3 is 5.51 Å². The van der Waals surface area contributed by atoms with Crippen LogP contribution in [0.25, 0.3) is 0 Å². The van der Waals surface area contributed by atoms with E-state index in [9.17, 15) is 13.2 Å². The lowest BCUT2D eigenvalue weighted by Gasteiger charge is -2.00. The summed E-state index contributed by atoms with van der Waals surface area (Å²) in [6.07, 6.45) is 0. The maximum atomic E-state index is 11.6. The molecule has 1 rings (SSSR count). The summed E-state index contributed by atoms with van der Waals surface area (Å²) in [6.45, 7) is 0. The Hall–Kier alpha value is -0.160. The van der Waals surface area contributed by atoms with Crippen LogP contribution in [0.3, 0.4) is 0 Å². The van der Waals surface area contributed by atoms with Gasteiger partial charge in [-0.2, -0.15) is 13.2 Å². The molecule has 0 bridgehead atoms. The van der Waals surface area contributed by atoms with Gasteiger partial charge < -0.3 is 0 Å². The van der Waals surface area contributed by atoms with Gasteiger partial charge in [-0.3, -0.25) is 0 Å². The Morgan fingerprint density at radius 3 is 2.60 bits per heavy atom. The molecule has 55 valence electrons. The monoisotopic (exact) mass is 183 g/mol. The van der Waals surface area contributed by atoms with Gasteiger partial charge in [0.15, 0.2) is 0 Å². The minimum atomic E-state index is -4.17. The van der Waals surface area contributed by atoms with Crippen LogP contribution in [0.15, 0.2) is 16.3 Å². The van der Waals surface area contributed by atoms with E-state index in [-0.39, 0.29) is 16.0 Å². The molecule has 0 saturated heterocycles. The lowest BCUT2D eigenvalue weighted by molar-refractivity contribution is -0.0326. The van der Waals surface area contributed by atoms with Crippen molar-refractivity contribution in [3.05, 3.63) is 17.5 Å². The highest BCUT2D eigenvalue weighted by atomic mass is 32.2. The van der Waals surface area contributed by atoms with Gasteiger partial charge in [-0.15, -0.1) is 11.3 Å². The highest BCUT2D eigenvalue weighted by Gasteiger charge is 2.29. The zero-order valence-electron chi connectivity index (χ0n) is 4.61. The number of hydrogen-bond acceptors (Lipinski definition) is 2. The minimum absolute atomic E-state index is 0.105. The first-order valence-corrected chi connectivity index (χ1v) is 3.93. The molecule has 0 saturated carbocycles. The fraction of sp³-hybridized carbons (Fsp3) is 0.200. The molecule has 0 aliphatic carbocycles. The average Bonchev–Trinajstić information content (AvgIpc) is 2.12. The highest BCUT2D eigenvalue weighted by molar-refractivity contribution is 8.01. The Morgan fingerprint density at radius 1 is 1.50 bits per heavy atom. The van der Waals surface area contributed by atoms with Crippen LogP contribution in [0.2, 0.25) is 0 Å². The lowest BCUT2D eigenvalue weighted by atomic mass is 10.7. The number of alkyl halides is 3. The Morgan fingerprint density at radius 2 is 2.20 bits per heavy atom. The van der Waals surface area contributed by atoms with Crippen LogP contribution in [0.1, 0.15) is 0 Å². The van der Waals surface area contributed by atoms with E-state index >= 15 is 0 Å². The molecule has 1 heterocycles. The SMILES string of the molecule is FC(F)(F)Sc1cc[c]s1. The van der Waals surface area contributed by atoms with Crippen LogP contribution in [0, 0.1) is 5.38 Å². The number of hydrogen-bond donors (Lipinski definition) is 0. The normalized spacial score (nSPS) is 11.9. The molecule has 0 nitrogen and oxygen atoms in total. The Balaban J connectivity index is 2.57. The summed E-state index contributed by atoms with van der Waals surface area (Å²) in [5.41, 5.74) is -4.17. The third-order valence-corrected chi connectivity index (χ3v) is 2.32. The fourth-order valence-electron chi connectivity index (χ4n) is 0.397. The zero-order chi connectivity index (χ0) is 7.61. The summed E-state index contributed by atoms with van der Waals surface area (Å²) in [5, 5.41) is 2.57. The van der Waals surface area contributed by atoms with E-state index in [1.54, 1.807) is 0 Å². The van der Waals surface area contributed by atoms with Crippen molar-refractivity contribution in [3.63, 3.8) is 0 Å². The number of thiophene rings is 1. The topological polar surface area (TPSA) is 0 Å². The van der Waals surface area contributed by atoms with Crippen LogP contribution in [-0.2, 0) is 0 Å². The van der Waals surface area contributed by atoms with Gasteiger partial charge in [0.25, 0.3) is 0 Å². The molecular formula is C5H2F3S2. The summed E-state index contributed by atoms with van der Waals surface area (Å²) in [4.78, 5) is 0. The molecular weight excluding hydrogens is 181 g/mol. The number of thioether (sulfide) groups is 1. The molecule has 5 heteroatoms. The molecule has 10 heavy (non-hydrogen) atoms. The van der Waals surface area contributed by atoms with Crippen LogP contribution < -0.4 is 0 Å². The molecule has 1 aromatic heterocycles. The Kier molecular flexibility index (Phi) is 2.25. The predicted octanol–water partition coefficient (Wildman–Crippen LogP) is 3.16. The minimum Gasteiger partial charge on any atom is -0.160 e. The molecule has 1 radical (unpaired) electrons. The molecule has 1 aromatic rings. The molecule has 0 fully saturated rings. The quantitative estimate of drug-likeness (QED) is 0.602. The van der Waals surface area contributed by atoms with E-state index in [0.29, 0.717) is 0 Å². The van der Waals surface area contributed by atoms with Crippen LogP contribution in [0.5, 0.6) is 0 Å². The van der Waals surface area contributed by atoms with E-state index in [1.165, 1.54) is 12.1 Å². The van der Waals surface area contributed by atoms with E-state index < -0.39 is 5.51 Å². The van der Waals surface area contributed by atoms with E-state index in [2.05, 4.69) is 5.38 Å². The van der Waals surface area contributed by atoms with Gasteiger partial charge in [0.1, 0.15) is 0 Å². The maximum Gasteiger partial charge on any atom is 0.447 e. The predicted molar refractivity (Wildman–Crippen MR) is 35.1 cm³/mol. The second-order valence-corrected chi connectivity index (χ2v) is 3.67. The standard InChI is InChI=1S/C5H2F3S2/c6-5(7,8)10-4-2-1-3-9-4/h1-2H. The largest absolute Gasteiger partial charge is 0.447 e. The van der Waals surface area contributed by atoms with Crippen LogP contribution >= 0.6 is 23.1 Å². The average molecular weight is 183 g/mol. The lowest BCUT2D eigenvalue weighted by Crippen LogP contribution is -1.97. The molecule has 0 aliphatic rings. The number of rotatable bonds is 1. The third-order valence-electron chi connectivity index (χ3n) is 0.663. The van der Waals surface area contributed by atoms with Crippen molar-refractivity contribution in [1.82, 2.24) is 0 Å². The molecule has 0 aromatic carbocycles. The van der Waals surface area contributed by atoms with Crippen molar-refractivity contribution >= 4 is 23.1 Å². The summed E-state index contributed by atoms with van der Waals surface area (Å²) in [6, 6.07) is 2.86. The van der Waals surface area contributed by atoms with Crippen molar-refractivity contribution in [3.8, 4) is 0 Å². The maximum absolute atomic E-state index is 11.6. The first kappa shape index (κ1) is 7.94. The second-order valence-electron chi connectivity index (χ2n) is 1.42. The molecule has 0 unspecified atom stereocenters. The number of halogens is 3. The van der Waals surface area contributed by atoms with Crippen molar-refractivity contribution in [2.24, 2.45) is 0 Å². The third kappa shape index (κ3) is 2.62. The smallest absolute Gasteiger partial charge is 0.160 e. The summed E-state index contributed by atoms with van der Waals surface area (Å²) >= 11 is 0.862. The van der Waals surface area contributed by atoms with Gasteiger partial charge in [-0.05, 0) is 23.9 Å². The Bertz CT molecular complexity index is 189. The summed E-state index contributed by atoms with van der Waals surface area (Å²) in [7, 11) is 0. The first-order valence-electron chi connectivity index (χ1n) is 2.29. The van der Waals surface area contributed by atoms with Gasteiger partial charge in [-0.25, -0.2) is 0 Å². The van der Waals surface area contributed by atoms with Crippen molar-refractivity contribution in [2.75, 3.05) is 0 Å². The Labute approximate surface area is 64.1 Å². The molecule has 0 N–H and O–H groups in total. The van der Waals surface area contributed by atoms with Gasteiger partial charge in [0.2, 0.25) is 0 Å². The van der Waals surface area contributed by atoms with Crippen molar-refractivity contribution in [2.45, 2.75) is 9.72 Å². The first-order chi connectivity index (χ1) is 4.58. The van der Waals surface area contributed by atoms with E-state index in [1.807, 2.05) is 0 Å². The molecule has 0 aliphatic heterocycles. The molecule has 0 spiro atoms.